The lowest BCUT2D eigenvalue weighted by Crippen LogP contribution is -2.38. The van der Waals surface area contributed by atoms with Crippen LogP contribution < -0.4 is 5.32 Å². The second-order valence-corrected chi connectivity index (χ2v) is 5.44. The molecule has 0 radical (unpaired) electrons. The Morgan fingerprint density at radius 1 is 1.29 bits per heavy atom. The molecule has 0 bridgehead atoms. The Bertz CT molecular complexity index is 195. The van der Waals surface area contributed by atoms with Gasteiger partial charge in [-0.25, -0.2) is 0 Å². The van der Waals surface area contributed by atoms with Crippen molar-refractivity contribution in [1.29, 1.82) is 0 Å². The second kappa shape index (κ2) is 8.06. The van der Waals surface area contributed by atoms with E-state index in [9.17, 15) is 0 Å². The van der Waals surface area contributed by atoms with Crippen LogP contribution in [-0.4, -0.2) is 50.8 Å². The van der Waals surface area contributed by atoms with Gasteiger partial charge in [0.2, 0.25) is 0 Å². The third-order valence-corrected chi connectivity index (χ3v) is 4.04. The van der Waals surface area contributed by atoms with Gasteiger partial charge >= 0.3 is 0 Å². The first-order valence-corrected chi connectivity index (χ1v) is 7.09. The van der Waals surface area contributed by atoms with E-state index in [0.29, 0.717) is 6.04 Å². The summed E-state index contributed by atoms with van der Waals surface area (Å²) in [6.07, 6.45) is 5.40. The molecule has 0 aliphatic heterocycles. The lowest BCUT2D eigenvalue weighted by atomic mass is 10.1. The summed E-state index contributed by atoms with van der Waals surface area (Å²) < 4.78 is 5.22. The fourth-order valence-electron chi connectivity index (χ4n) is 2.35. The highest BCUT2D eigenvalue weighted by molar-refractivity contribution is 4.85. The number of rotatable bonds is 10. The van der Waals surface area contributed by atoms with Crippen molar-refractivity contribution < 1.29 is 4.74 Å². The molecular weight excluding hydrogens is 212 g/mol. The predicted molar refractivity (Wildman–Crippen MR) is 73.4 cm³/mol. The van der Waals surface area contributed by atoms with Crippen LogP contribution in [0.2, 0.25) is 0 Å². The van der Waals surface area contributed by atoms with Gasteiger partial charge < -0.3 is 10.1 Å². The number of nitrogens with zero attached hydrogens (tertiary/aromatic N) is 1. The van der Waals surface area contributed by atoms with Crippen LogP contribution in [0.25, 0.3) is 0 Å². The third kappa shape index (κ3) is 5.84. The number of methoxy groups -OCH3 is 1. The van der Waals surface area contributed by atoms with Crippen molar-refractivity contribution in [3.63, 3.8) is 0 Å². The molecular formula is C14H30N2O. The van der Waals surface area contributed by atoms with Gasteiger partial charge in [-0.05, 0) is 59.0 Å². The SMILES string of the molecule is CNC(C)CCCN(CCOC)C(C)C1CC1. The zero-order valence-corrected chi connectivity index (χ0v) is 12.0. The molecule has 102 valence electrons. The molecule has 0 aromatic rings. The summed E-state index contributed by atoms with van der Waals surface area (Å²) in [5.74, 6) is 0.952. The van der Waals surface area contributed by atoms with Crippen LogP contribution >= 0.6 is 0 Å². The highest BCUT2D eigenvalue weighted by Gasteiger charge is 2.31. The average Bonchev–Trinajstić information content (AvgIpc) is 3.16. The standard InChI is InChI=1S/C14H30N2O/c1-12(15-3)6-5-9-16(10-11-17-4)13(2)14-7-8-14/h12-15H,5-11H2,1-4H3. The maximum Gasteiger partial charge on any atom is 0.0589 e. The maximum atomic E-state index is 5.22. The average molecular weight is 242 g/mol. The molecule has 1 saturated carbocycles. The van der Waals surface area contributed by atoms with Crippen LogP contribution in [0.5, 0.6) is 0 Å². The van der Waals surface area contributed by atoms with Gasteiger partial charge in [-0.1, -0.05) is 0 Å². The van der Waals surface area contributed by atoms with Crippen LogP contribution in [0.15, 0.2) is 0 Å². The molecule has 2 atom stereocenters. The molecule has 1 fully saturated rings. The zero-order chi connectivity index (χ0) is 12.7. The maximum absolute atomic E-state index is 5.22. The minimum absolute atomic E-state index is 0.635. The normalized spacial score (nSPS) is 19.6. The molecule has 0 aromatic carbocycles. The molecule has 0 aromatic heterocycles. The van der Waals surface area contributed by atoms with Crippen molar-refractivity contribution >= 4 is 0 Å². The Labute approximate surface area is 107 Å². The summed E-state index contributed by atoms with van der Waals surface area (Å²) in [4.78, 5) is 2.61. The van der Waals surface area contributed by atoms with Crippen molar-refractivity contribution in [3.8, 4) is 0 Å². The van der Waals surface area contributed by atoms with Crippen molar-refractivity contribution in [1.82, 2.24) is 10.2 Å². The summed E-state index contributed by atoms with van der Waals surface area (Å²) in [6, 6.07) is 1.38. The predicted octanol–water partition coefficient (Wildman–Crippen LogP) is 2.12. The lowest BCUT2D eigenvalue weighted by molar-refractivity contribution is 0.115. The summed E-state index contributed by atoms with van der Waals surface area (Å²) in [7, 11) is 3.84. The van der Waals surface area contributed by atoms with Crippen LogP contribution in [0, 0.1) is 5.92 Å². The number of hydrogen-bond donors (Lipinski definition) is 1. The van der Waals surface area contributed by atoms with E-state index in [1.165, 1.54) is 32.2 Å². The van der Waals surface area contributed by atoms with E-state index in [1.54, 1.807) is 7.11 Å². The Balaban J connectivity index is 2.24. The van der Waals surface area contributed by atoms with Gasteiger partial charge in [0.25, 0.3) is 0 Å². The largest absolute Gasteiger partial charge is 0.383 e. The van der Waals surface area contributed by atoms with Gasteiger partial charge in [0.05, 0.1) is 6.61 Å². The molecule has 1 aliphatic carbocycles. The molecule has 3 heteroatoms. The summed E-state index contributed by atoms with van der Waals surface area (Å²) in [5, 5.41) is 3.30. The smallest absolute Gasteiger partial charge is 0.0589 e. The van der Waals surface area contributed by atoms with E-state index >= 15 is 0 Å². The molecule has 1 N–H and O–H groups in total. The van der Waals surface area contributed by atoms with E-state index in [1.807, 2.05) is 7.05 Å². The number of ether oxygens (including phenoxy) is 1. The van der Waals surface area contributed by atoms with Crippen LogP contribution in [0.1, 0.15) is 39.5 Å². The first-order chi connectivity index (χ1) is 8.19. The summed E-state index contributed by atoms with van der Waals surface area (Å²) in [6.45, 7) is 7.80. The minimum Gasteiger partial charge on any atom is -0.383 e. The monoisotopic (exact) mass is 242 g/mol. The Hall–Kier alpha value is -0.120. The van der Waals surface area contributed by atoms with Crippen molar-refractivity contribution in [3.05, 3.63) is 0 Å². The number of nitrogens with one attached hydrogen (secondary N) is 1. The van der Waals surface area contributed by atoms with Crippen molar-refractivity contribution in [2.45, 2.75) is 51.6 Å². The Morgan fingerprint density at radius 2 is 2.00 bits per heavy atom. The molecule has 1 rings (SSSR count). The minimum atomic E-state index is 0.635. The Morgan fingerprint density at radius 3 is 2.53 bits per heavy atom. The van der Waals surface area contributed by atoms with Gasteiger partial charge in [-0.3, -0.25) is 4.90 Å². The molecule has 0 saturated heterocycles. The molecule has 0 heterocycles. The van der Waals surface area contributed by atoms with E-state index in [0.717, 1.165) is 25.1 Å². The van der Waals surface area contributed by atoms with Gasteiger partial charge in [0, 0.05) is 25.7 Å². The van der Waals surface area contributed by atoms with Crippen LogP contribution in [0.4, 0.5) is 0 Å². The molecule has 17 heavy (non-hydrogen) atoms. The second-order valence-electron chi connectivity index (χ2n) is 5.44. The quantitative estimate of drug-likeness (QED) is 0.635. The van der Waals surface area contributed by atoms with E-state index in [2.05, 4.69) is 24.1 Å². The fraction of sp³-hybridized carbons (Fsp3) is 1.00. The van der Waals surface area contributed by atoms with E-state index in [4.69, 9.17) is 4.74 Å². The Kier molecular flexibility index (Phi) is 7.09. The molecule has 0 spiro atoms. The zero-order valence-electron chi connectivity index (χ0n) is 12.0. The van der Waals surface area contributed by atoms with Gasteiger partial charge in [0.15, 0.2) is 0 Å². The third-order valence-electron chi connectivity index (χ3n) is 4.04. The summed E-state index contributed by atoms with van der Waals surface area (Å²) in [5.41, 5.74) is 0. The van der Waals surface area contributed by atoms with Gasteiger partial charge in [-0.15, -0.1) is 0 Å². The highest BCUT2D eigenvalue weighted by atomic mass is 16.5. The first kappa shape index (κ1) is 14.9. The number of hydrogen-bond acceptors (Lipinski definition) is 3. The first-order valence-electron chi connectivity index (χ1n) is 7.09. The topological polar surface area (TPSA) is 24.5 Å². The molecule has 0 amide bonds. The molecule has 2 unspecified atom stereocenters. The molecule has 1 aliphatic rings. The van der Waals surface area contributed by atoms with E-state index in [-0.39, 0.29) is 0 Å². The van der Waals surface area contributed by atoms with E-state index < -0.39 is 0 Å². The van der Waals surface area contributed by atoms with Gasteiger partial charge in [0.1, 0.15) is 0 Å². The van der Waals surface area contributed by atoms with Crippen molar-refractivity contribution in [2.24, 2.45) is 5.92 Å². The highest BCUT2D eigenvalue weighted by Crippen LogP contribution is 2.35. The van der Waals surface area contributed by atoms with Crippen LogP contribution in [0.3, 0.4) is 0 Å². The summed E-state index contributed by atoms with van der Waals surface area (Å²) >= 11 is 0. The lowest BCUT2D eigenvalue weighted by Gasteiger charge is -2.29. The van der Waals surface area contributed by atoms with Gasteiger partial charge in [-0.2, -0.15) is 0 Å². The fourth-order valence-corrected chi connectivity index (χ4v) is 2.35. The van der Waals surface area contributed by atoms with Crippen molar-refractivity contribution in [2.75, 3.05) is 33.9 Å². The van der Waals surface area contributed by atoms with Crippen LogP contribution in [-0.2, 0) is 4.74 Å². The molecule has 3 nitrogen and oxygen atoms in total.